The summed E-state index contributed by atoms with van der Waals surface area (Å²) in [5.41, 5.74) is 0. The van der Waals surface area contributed by atoms with Gasteiger partial charge in [0.25, 0.3) is 0 Å². The maximum atomic E-state index is 11.1. The topological polar surface area (TPSA) is 72.5 Å². The van der Waals surface area contributed by atoms with Crippen LogP contribution in [0.5, 0.6) is 0 Å². The monoisotopic (exact) mass is 185 g/mol. The Morgan fingerprint density at radius 1 is 1.62 bits per heavy atom. The molecular weight excluding hydrogens is 174 g/mol. The third kappa shape index (κ3) is 2.54. The van der Waals surface area contributed by atoms with E-state index in [1.165, 1.54) is 7.11 Å². The van der Waals surface area contributed by atoms with E-state index in [1.54, 1.807) is 0 Å². The zero-order valence-corrected chi connectivity index (χ0v) is 7.33. The van der Waals surface area contributed by atoms with E-state index in [0.717, 1.165) is 0 Å². The lowest BCUT2D eigenvalue weighted by Crippen LogP contribution is -2.29. The summed E-state index contributed by atoms with van der Waals surface area (Å²) in [6, 6.07) is -0.494. The van der Waals surface area contributed by atoms with Gasteiger partial charge in [-0.3, -0.25) is 14.4 Å². The summed E-state index contributed by atoms with van der Waals surface area (Å²) in [5, 5.41) is 2.49. The summed E-state index contributed by atoms with van der Waals surface area (Å²) in [5.74, 6) is -0.775. The first-order valence-electron chi connectivity index (χ1n) is 4.02. The standard InChI is InChI=1S/C8H11NO4/c1-13-8(12)3-2-5-6(10)4-7(11)9-5/h5H,2-4H2,1H3,(H,9,11). The average molecular weight is 185 g/mol. The van der Waals surface area contributed by atoms with Crippen LogP contribution >= 0.6 is 0 Å². The van der Waals surface area contributed by atoms with Crippen LogP contribution in [0.3, 0.4) is 0 Å². The van der Waals surface area contributed by atoms with Gasteiger partial charge in [-0.1, -0.05) is 0 Å². The Labute approximate surface area is 75.4 Å². The maximum absolute atomic E-state index is 11.1. The minimum Gasteiger partial charge on any atom is -0.469 e. The molecule has 1 N–H and O–H groups in total. The molecule has 1 atom stereocenters. The molecule has 1 saturated heterocycles. The summed E-state index contributed by atoms with van der Waals surface area (Å²) in [7, 11) is 1.29. The van der Waals surface area contributed by atoms with Gasteiger partial charge in [-0.25, -0.2) is 0 Å². The predicted molar refractivity (Wildman–Crippen MR) is 42.8 cm³/mol. The van der Waals surface area contributed by atoms with Gasteiger partial charge in [0.1, 0.15) is 0 Å². The van der Waals surface area contributed by atoms with Crippen molar-refractivity contribution in [3.63, 3.8) is 0 Å². The van der Waals surface area contributed by atoms with Gasteiger partial charge in [-0.2, -0.15) is 0 Å². The molecule has 0 saturated carbocycles. The molecule has 1 fully saturated rings. The second-order valence-corrected chi connectivity index (χ2v) is 2.88. The van der Waals surface area contributed by atoms with Gasteiger partial charge in [0.05, 0.1) is 19.6 Å². The van der Waals surface area contributed by atoms with E-state index in [1.807, 2.05) is 0 Å². The first kappa shape index (κ1) is 9.70. The number of nitrogens with one attached hydrogen (secondary N) is 1. The number of rotatable bonds is 3. The number of hydrogen-bond acceptors (Lipinski definition) is 4. The maximum Gasteiger partial charge on any atom is 0.305 e. The normalized spacial score (nSPS) is 21.5. The summed E-state index contributed by atoms with van der Waals surface area (Å²) in [4.78, 5) is 32.5. The van der Waals surface area contributed by atoms with Crippen LogP contribution in [-0.4, -0.2) is 30.8 Å². The molecule has 0 aliphatic carbocycles. The lowest BCUT2D eigenvalue weighted by molar-refractivity contribution is -0.141. The van der Waals surface area contributed by atoms with Crippen LogP contribution in [-0.2, 0) is 19.1 Å². The molecule has 1 aliphatic heterocycles. The van der Waals surface area contributed by atoms with Crippen LogP contribution in [0.25, 0.3) is 0 Å². The van der Waals surface area contributed by atoms with Crippen molar-refractivity contribution in [3.8, 4) is 0 Å². The molecule has 0 aromatic carbocycles. The highest BCUT2D eigenvalue weighted by molar-refractivity contribution is 6.07. The fraction of sp³-hybridized carbons (Fsp3) is 0.625. The lowest BCUT2D eigenvalue weighted by atomic mass is 10.1. The molecule has 13 heavy (non-hydrogen) atoms. The molecule has 0 radical (unpaired) electrons. The van der Waals surface area contributed by atoms with Crippen molar-refractivity contribution in [2.24, 2.45) is 0 Å². The van der Waals surface area contributed by atoms with E-state index in [0.29, 0.717) is 6.42 Å². The van der Waals surface area contributed by atoms with E-state index < -0.39 is 6.04 Å². The van der Waals surface area contributed by atoms with Crippen LogP contribution in [0.4, 0.5) is 0 Å². The van der Waals surface area contributed by atoms with Crippen molar-refractivity contribution in [3.05, 3.63) is 0 Å². The molecule has 1 unspecified atom stereocenters. The van der Waals surface area contributed by atoms with Crippen molar-refractivity contribution >= 4 is 17.7 Å². The number of carbonyl (C=O) groups excluding carboxylic acids is 3. The number of esters is 1. The minimum atomic E-state index is -0.494. The van der Waals surface area contributed by atoms with Crippen LogP contribution in [0.2, 0.25) is 0 Å². The van der Waals surface area contributed by atoms with Gasteiger partial charge in [0.2, 0.25) is 5.91 Å². The molecule has 1 heterocycles. The van der Waals surface area contributed by atoms with Gasteiger partial charge in [0.15, 0.2) is 5.78 Å². The van der Waals surface area contributed by atoms with Gasteiger partial charge < -0.3 is 10.1 Å². The second-order valence-electron chi connectivity index (χ2n) is 2.88. The Morgan fingerprint density at radius 2 is 2.31 bits per heavy atom. The third-order valence-electron chi connectivity index (χ3n) is 1.92. The SMILES string of the molecule is COC(=O)CCC1NC(=O)CC1=O. The van der Waals surface area contributed by atoms with Crippen LogP contribution in [0.1, 0.15) is 19.3 Å². The van der Waals surface area contributed by atoms with Crippen molar-refractivity contribution in [1.82, 2.24) is 5.32 Å². The quantitative estimate of drug-likeness (QED) is 0.470. The second kappa shape index (κ2) is 4.02. The first-order chi connectivity index (χ1) is 6.13. The molecular formula is C8H11NO4. The fourth-order valence-electron chi connectivity index (χ4n) is 1.20. The summed E-state index contributed by atoms with van der Waals surface area (Å²) in [6.07, 6.45) is 0.427. The van der Waals surface area contributed by atoms with Crippen molar-refractivity contribution in [2.45, 2.75) is 25.3 Å². The largest absolute Gasteiger partial charge is 0.469 e. The van der Waals surface area contributed by atoms with Crippen LogP contribution in [0.15, 0.2) is 0 Å². The van der Waals surface area contributed by atoms with Crippen LogP contribution < -0.4 is 5.32 Å². The lowest BCUT2D eigenvalue weighted by Gasteiger charge is -2.06. The number of carbonyl (C=O) groups is 3. The summed E-state index contributed by atoms with van der Waals surface area (Å²) < 4.78 is 4.41. The van der Waals surface area contributed by atoms with E-state index in [9.17, 15) is 14.4 Å². The number of hydrogen-bond donors (Lipinski definition) is 1. The van der Waals surface area contributed by atoms with Crippen molar-refractivity contribution in [2.75, 3.05) is 7.11 Å². The number of ether oxygens (including phenoxy) is 1. The van der Waals surface area contributed by atoms with E-state index in [4.69, 9.17) is 0 Å². The summed E-state index contributed by atoms with van der Waals surface area (Å²) >= 11 is 0. The zero-order chi connectivity index (χ0) is 9.84. The Balaban J connectivity index is 2.33. The minimum absolute atomic E-state index is 0.0637. The van der Waals surface area contributed by atoms with Crippen LogP contribution in [0, 0.1) is 0 Å². The third-order valence-corrected chi connectivity index (χ3v) is 1.92. The highest BCUT2D eigenvalue weighted by atomic mass is 16.5. The first-order valence-corrected chi connectivity index (χ1v) is 4.02. The van der Waals surface area contributed by atoms with Gasteiger partial charge in [-0.15, -0.1) is 0 Å². The molecule has 0 aromatic heterocycles. The van der Waals surface area contributed by atoms with E-state index in [-0.39, 0.29) is 30.5 Å². The Bertz CT molecular complexity index is 249. The smallest absolute Gasteiger partial charge is 0.305 e. The Hall–Kier alpha value is -1.39. The molecule has 5 heteroatoms. The van der Waals surface area contributed by atoms with Crippen molar-refractivity contribution < 1.29 is 19.1 Å². The number of ketones is 1. The van der Waals surface area contributed by atoms with Gasteiger partial charge >= 0.3 is 5.97 Å². The molecule has 5 nitrogen and oxygen atoms in total. The van der Waals surface area contributed by atoms with Gasteiger partial charge in [-0.05, 0) is 6.42 Å². The fourth-order valence-corrected chi connectivity index (χ4v) is 1.20. The molecule has 1 amide bonds. The highest BCUT2D eigenvalue weighted by Gasteiger charge is 2.29. The Kier molecular flexibility index (Phi) is 3.00. The molecule has 0 spiro atoms. The molecule has 1 rings (SSSR count). The van der Waals surface area contributed by atoms with Crippen molar-refractivity contribution in [1.29, 1.82) is 0 Å². The van der Waals surface area contributed by atoms with E-state index in [2.05, 4.69) is 10.1 Å². The number of amides is 1. The molecule has 0 bridgehead atoms. The number of methoxy groups -OCH3 is 1. The predicted octanol–water partition coefficient (Wildman–Crippen LogP) is -0.603. The average Bonchev–Trinajstić information content (AvgIpc) is 2.41. The molecule has 0 aromatic rings. The zero-order valence-electron chi connectivity index (χ0n) is 7.33. The Morgan fingerprint density at radius 3 is 2.77 bits per heavy atom. The molecule has 1 aliphatic rings. The summed E-state index contributed by atoms with van der Waals surface area (Å²) in [6.45, 7) is 0. The highest BCUT2D eigenvalue weighted by Crippen LogP contribution is 2.08. The van der Waals surface area contributed by atoms with E-state index >= 15 is 0 Å². The number of Topliss-reactive ketones (excluding diaryl/α,β-unsaturated/α-hetero) is 1. The van der Waals surface area contributed by atoms with Gasteiger partial charge in [0, 0.05) is 6.42 Å². The molecule has 72 valence electrons.